The van der Waals surface area contributed by atoms with E-state index < -0.39 is 39.7 Å². The number of piperidine rings is 2. The number of sulfonamides is 1. The van der Waals surface area contributed by atoms with Gasteiger partial charge in [-0.2, -0.15) is 0 Å². The average molecular weight is 811 g/mol. The number of aromatic nitrogens is 1. The lowest BCUT2D eigenvalue weighted by Gasteiger charge is -2.32. The van der Waals surface area contributed by atoms with Gasteiger partial charge in [0.1, 0.15) is 11.0 Å². The molecule has 3 aliphatic heterocycles. The topological polar surface area (TPSA) is 181 Å². The van der Waals surface area contributed by atoms with Gasteiger partial charge in [0.05, 0.1) is 16.9 Å². The maximum atomic E-state index is 13.4. The van der Waals surface area contributed by atoms with E-state index in [2.05, 4.69) is 33.5 Å². The van der Waals surface area contributed by atoms with Gasteiger partial charge in [-0.05, 0) is 79.8 Å². The molecule has 0 aliphatic carbocycles. The van der Waals surface area contributed by atoms with E-state index in [-0.39, 0.29) is 48.1 Å². The molecule has 7 rings (SSSR count). The van der Waals surface area contributed by atoms with E-state index in [0.717, 1.165) is 38.1 Å². The monoisotopic (exact) mass is 810 g/mol. The third-order valence-electron chi connectivity index (χ3n) is 11.2. The van der Waals surface area contributed by atoms with Crippen LogP contribution in [-0.4, -0.2) is 81.6 Å². The Bertz CT molecular complexity index is 2400. The van der Waals surface area contributed by atoms with Crippen molar-refractivity contribution in [2.45, 2.75) is 83.3 Å². The standard InChI is InChI=1S/C42H46N6O7S2/c1-2-21-57(54,55)46-19-17-30(18-20-46)47-25-33(28-9-5-10-29(23-28)39(43)56)31-14-13-26(22-35(31)47)24-44-36(49)12-4-3-7-27-8-6-11-32-38(27)42(53)48(41(32)52)34-15-16-37(50)45-40(34)51/h5-6,8-11,13-14,22-23,25,30,34H,2-4,7,12,15-21,24H2,1H3,(H2,43,56)(H,44,49)(H,45,50,51). The minimum atomic E-state index is -3.28. The zero-order chi connectivity index (χ0) is 40.4. The lowest BCUT2D eigenvalue weighted by molar-refractivity contribution is -0.136. The van der Waals surface area contributed by atoms with E-state index in [4.69, 9.17) is 18.0 Å². The van der Waals surface area contributed by atoms with Gasteiger partial charge in [-0.3, -0.25) is 34.2 Å². The van der Waals surface area contributed by atoms with Crippen LogP contribution in [0.15, 0.2) is 66.9 Å². The summed E-state index contributed by atoms with van der Waals surface area (Å²) in [5, 5.41) is 6.29. The third-order valence-corrected chi connectivity index (χ3v) is 13.5. The molecule has 3 aliphatic rings. The first-order valence-electron chi connectivity index (χ1n) is 19.5. The Morgan fingerprint density at radius 3 is 2.46 bits per heavy atom. The summed E-state index contributed by atoms with van der Waals surface area (Å²) in [5.74, 6) is -2.12. The number of thiocarbonyl (C=S) groups is 1. The molecule has 15 heteroatoms. The van der Waals surface area contributed by atoms with Crippen LogP contribution in [0.4, 0.5) is 0 Å². The van der Waals surface area contributed by atoms with Crippen LogP contribution in [0.1, 0.15) is 102 Å². The Hall–Kier alpha value is -5.25. The summed E-state index contributed by atoms with van der Waals surface area (Å²) in [5.41, 5.74) is 11.8. The van der Waals surface area contributed by atoms with E-state index in [1.807, 2.05) is 37.3 Å². The quantitative estimate of drug-likeness (QED) is 0.0921. The number of imide groups is 2. The van der Waals surface area contributed by atoms with Crippen molar-refractivity contribution in [2.75, 3.05) is 18.8 Å². The van der Waals surface area contributed by atoms with Crippen LogP contribution in [0.25, 0.3) is 22.0 Å². The van der Waals surface area contributed by atoms with Crippen LogP contribution in [0.2, 0.25) is 0 Å². The number of nitrogens with one attached hydrogen (secondary N) is 2. The zero-order valence-electron chi connectivity index (χ0n) is 31.8. The number of carbonyl (C=O) groups excluding carboxylic acids is 5. The zero-order valence-corrected chi connectivity index (χ0v) is 33.4. The Kier molecular flexibility index (Phi) is 11.7. The summed E-state index contributed by atoms with van der Waals surface area (Å²) in [6.45, 7) is 3.10. The van der Waals surface area contributed by atoms with E-state index in [1.54, 1.807) is 22.5 Å². The van der Waals surface area contributed by atoms with E-state index in [0.29, 0.717) is 68.7 Å². The highest BCUT2D eigenvalue weighted by molar-refractivity contribution is 7.89. The molecular formula is C42H46N6O7S2. The van der Waals surface area contributed by atoms with Crippen LogP contribution in [-0.2, 0) is 37.4 Å². The van der Waals surface area contributed by atoms with Gasteiger partial charge < -0.3 is 15.6 Å². The van der Waals surface area contributed by atoms with Crippen molar-refractivity contribution in [3.8, 4) is 11.1 Å². The molecule has 1 aromatic heterocycles. The fourth-order valence-corrected chi connectivity index (χ4v) is 9.92. The van der Waals surface area contributed by atoms with Crippen LogP contribution in [0, 0.1) is 0 Å². The van der Waals surface area contributed by atoms with E-state index in [1.165, 1.54) is 0 Å². The highest BCUT2D eigenvalue weighted by Crippen LogP contribution is 2.37. The Morgan fingerprint density at radius 1 is 0.947 bits per heavy atom. The number of nitrogens with zero attached hydrogens (tertiary/aromatic N) is 3. The summed E-state index contributed by atoms with van der Waals surface area (Å²) < 4.78 is 29.4. The molecule has 4 heterocycles. The first-order chi connectivity index (χ1) is 27.4. The van der Waals surface area contributed by atoms with Crippen LogP contribution in [0.5, 0.6) is 0 Å². The smallest absolute Gasteiger partial charge is 0.262 e. The SMILES string of the molecule is CCCS(=O)(=O)N1CCC(n2cc(-c3cccc(C(N)=S)c3)c3ccc(CNC(=O)CCCCc4cccc5c4C(=O)N(C4CCC(=O)NC4=O)C5=O)cc32)CC1. The van der Waals surface area contributed by atoms with Gasteiger partial charge in [-0.15, -0.1) is 0 Å². The number of unbranched alkanes of at least 4 members (excludes halogenated alkanes) is 1. The molecule has 2 fully saturated rings. The third kappa shape index (κ3) is 8.27. The second-order valence-electron chi connectivity index (χ2n) is 15.0. The number of rotatable bonds is 14. The number of hydrogen-bond acceptors (Lipinski definition) is 8. The first kappa shape index (κ1) is 40.0. The number of aryl methyl sites for hydroxylation is 1. The molecule has 0 radical (unpaired) electrons. The lowest BCUT2D eigenvalue weighted by Crippen LogP contribution is -2.54. The molecule has 57 heavy (non-hydrogen) atoms. The highest BCUT2D eigenvalue weighted by Gasteiger charge is 2.45. The number of carbonyl (C=O) groups is 5. The van der Waals surface area contributed by atoms with Gasteiger partial charge in [0.2, 0.25) is 27.7 Å². The Morgan fingerprint density at radius 2 is 1.72 bits per heavy atom. The number of amides is 5. The van der Waals surface area contributed by atoms with Crippen molar-refractivity contribution in [2.24, 2.45) is 5.73 Å². The maximum absolute atomic E-state index is 13.4. The second kappa shape index (κ2) is 16.7. The molecule has 0 bridgehead atoms. The summed E-state index contributed by atoms with van der Waals surface area (Å²) in [6, 6.07) is 18.1. The Labute approximate surface area is 337 Å². The molecule has 4 N–H and O–H groups in total. The molecule has 1 atom stereocenters. The molecule has 0 spiro atoms. The molecule has 13 nitrogen and oxygen atoms in total. The molecule has 5 amide bonds. The molecule has 2 saturated heterocycles. The average Bonchev–Trinajstić information content (AvgIpc) is 3.70. The second-order valence-corrected chi connectivity index (χ2v) is 17.5. The van der Waals surface area contributed by atoms with Crippen molar-refractivity contribution in [1.29, 1.82) is 0 Å². The number of nitrogens with two attached hydrogens (primary N) is 1. The van der Waals surface area contributed by atoms with Crippen LogP contribution >= 0.6 is 12.2 Å². The van der Waals surface area contributed by atoms with Crippen LogP contribution < -0.4 is 16.4 Å². The molecule has 1 unspecified atom stereocenters. The van der Waals surface area contributed by atoms with Gasteiger partial charge in [-0.25, -0.2) is 12.7 Å². The fourth-order valence-electron chi connectivity index (χ4n) is 8.25. The summed E-state index contributed by atoms with van der Waals surface area (Å²) in [6.07, 6.45) is 6.09. The van der Waals surface area contributed by atoms with Gasteiger partial charge in [0, 0.05) is 66.7 Å². The van der Waals surface area contributed by atoms with Gasteiger partial charge in [0.15, 0.2) is 0 Å². The summed E-state index contributed by atoms with van der Waals surface area (Å²) >= 11 is 5.25. The minimum absolute atomic E-state index is 0.0524. The van der Waals surface area contributed by atoms with E-state index >= 15 is 0 Å². The minimum Gasteiger partial charge on any atom is -0.389 e. The molecular weight excluding hydrogens is 765 g/mol. The number of fused-ring (bicyclic) bond motifs is 2. The number of benzene rings is 3. The van der Waals surface area contributed by atoms with Crippen molar-refractivity contribution >= 4 is 67.7 Å². The van der Waals surface area contributed by atoms with Gasteiger partial charge in [-0.1, -0.05) is 61.6 Å². The predicted octanol–water partition coefficient (Wildman–Crippen LogP) is 4.75. The first-order valence-corrected chi connectivity index (χ1v) is 21.5. The van der Waals surface area contributed by atoms with Crippen molar-refractivity contribution in [1.82, 2.24) is 24.4 Å². The van der Waals surface area contributed by atoms with Crippen molar-refractivity contribution in [3.05, 3.63) is 94.7 Å². The number of hydrogen-bond donors (Lipinski definition) is 3. The maximum Gasteiger partial charge on any atom is 0.262 e. The predicted molar refractivity (Wildman–Crippen MR) is 220 cm³/mol. The molecule has 298 valence electrons. The molecule has 4 aromatic rings. The summed E-state index contributed by atoms with van der Waals surface area (Å²) in [4.78, 5) is 65.0. The lowest BCUT2D eigenvalue weighted by atomic mass is 9.98. The van der Waals surface area contributed by atoms with Gasteiger partial charge in [0.25, 0.3) is 11.8 Å². The summed E-state index contributed by atoms with van der Waals surface area (Å²) in [7, 11) is -3.28. The van der Waals surface area contributed by atoms with Crippen molar-refractivity contribution < 1.29 is 32.4 Å². The fraction of sp³-hybridized carbons (Fsp3) is 0.381. The largest absolute Gasteiger partial charge is 0.389 e. The molecule has 0 saturated carbocycles. The normalized spacial score (nSPS) is 17.9. The van der Waals surface area contributed by atoms with Crippen LogP contribution in [0.3, 0.4) is 0 Å². The van der Waals surface area contributed by atoms with Crippen molar-refractivity contribution in [3.63, 3.8) is 0 Å². The van der Waals surface area contributed by atoms with Gasteiger partial charge >= 0.3 is 0 Å². The Balaban J connectivity index is 1.00. The van der Waals surface area contributed by atoms with E-state index in [9.17, 15) is 32.4 Å². The highest BCUT2D eigenvalue weighted by atomic mass is 32.2. The molecule has 3 aromatic carbocycles.